The highest BCUT2D eigenvalue weighted by molar-refractivity contribution is 5.87. The van der Waals surface area contributed by atoms with Crippen LogP contribution in [0.2, 0.25) is 0 Å². The molecule has 0 saturated heterocycles. The zero-order chi connectivity index (χ0) is 36.2. The summed E-state index contributed by atoms with van der Waals surface area (Å²) in [5.41, 5.74) is 0.861. The van der Waals surface area contributed by atoms with Gasteiger partial charge in [0, 0.05) is 38.3 Å². The van der Waals surface area contributed by atoms with E-state index in [1.54, 1.807) is 12.5 Å². The summed E-state index contributed by atoms with van der Waals surface area (Å²) in [7, 11) is 0. The zero-order valence-corrected chi connectivity index (χ0v) is 32.7. The number of allylic oxidation sites excluding steroid dienone is 8. The number of carbonyl (C=O) groups is 2. The van der Waals surface area contributed by atoms with Crippen molar-refractivity contribution in [3.63, 3.8) is 0 Å². The zero-order valence-electron chi connectivity index (χ0n) is 32.7. The number of aromatic nitrogens is 2. The average molecular weight is 693 g/mol. The highest BCUT2D eigenvalue weighted by atomic mass is 16.2. The minimum absolute atomic E-state index is 0.0278. The Hall–Kier alpha value is -2.89. The van der Waals surface area contributed by atoms with Crippen LogP contribution in [0, 0.1) is 0 Å². The number of H-pyrrole nitrogens is 1. The van der Waals surface area contributed by atoms with Gasteiger partial charge in [0.15, 0.2) is 0 Å². The number of hydrogen-bond acceptors (Lipinski definition) is 3. The van der Waals surface area contributed by atoms with Crippen molar-refractivity contribution in [3.05, 3.63) is 66.8 Å². The van der Waals surface area contributed by atoms with Gasteiger partial charge in [-0.15, -0.1) is 0 Å². The van der Waals surface area contributed by atoms with E-state index in [9.17, 15) is 9.59 Å². The fourth-order valence-corrected chi connectivity index (χ4v) is 6.20. The molecule has 2 N–H and O–H groups in total. The Morgan fingerprint density at radius 2 is 1.06 bits per heavy atom. The van der Waals surface area contributed by atoms with Crippen molar-refractivity contribution < 1.29 is 9.59 Å². The summed E-state index contributed by atoms with van der Waals surface area (Å²) in [5, 5.41) is 2.91. The quantitative estimate of drug-likeness (QED) is 0.0557. The summed E-state index contributed by atoms with van der Waals surface area (Å²) in [6, 6.07) is -0.567. The van der Waals surface area contributed by atoms with Gasteiger partial charge in [-0.2, -0.15) is 0 Å². The van der Waals surface area contributed by atoms with Crippen LogP contribution < -0.4 is 5.32 Å². The second-order valence-corrected chi connectivity index (χ2v) is 14.0. The van der Waals surface area contributed by atoms with Crippen LogP contribution in [0.4, 0.5) is 0 Å². The van der Waals surface area contributed by atoms with Crippen molar-refractivity contribution in [1.82, 2.24) is 20.2 Å². The molecule has 0 aromatic carbocycles. The molecule has 0 aliphatic carbocycles. The topological polar surface area (TPSA) is 78.1 Å². The van der Waals surface area contributed by atoms with Crippen LogP contribution in [0.1, 0.15) is 181 Å². The molecule has 2 amide bonds. The third-order valence-corrected chi connectivity index (χ3v) is 9.22. The highest BCUT2D eigenvalue weighted by Gasteiger charge is 2.25. The molecule has 0 radical (unpaired) electrons. The first-order valence-electron chi connectivity index (χ1n) is 20.7. The van der Waals surface area contributed by atoms with Crippen LogP contribution in [0.15, 0.2) is 61.1 Å². The Balaban J connectivity index is 2.36. The standard InChI is InChI=1S/C44H76N4O2/c1-4-6-8-10-12-14-16-18-20-22-24-26-28-30-32-34-36-48(44(50)43(47-41(3)49)38-42-39-45-40-46-42)37-35-33-31-29-27-25-23-21-19-17-15-13-11-9-7-5-2/h12-15,18-21,39-40,43H,4-11,16-17,22-38H2,1-3H3,(H,45,46)(H,47,49)/b14-12-,15-13-,20-18-,21-19-. The van der Waals surface area contributed by atoms with Crippen LogP contribution in [0.5, 0.6) is 0 Å². The summed E-state index contributed by atoms with van der Waals surface area (Å²) in [6.45, 7) is 7.50. The van der Waals surface area contributed by atoms with Crippen LogP contribution in [-0.4, -0.2) is 45.8 Å². The van der Waals surface area contributed by atoms with Crippen molar-refractivity contribution in [2.45, 2.75) is 187 Å². The summed E-state index contributed by atoms with van der Waals surface area (Å²) in [4.78, 5) is 35.0. The lowest BCUT2D eigenvalue weighted by molar-refractivity contribution is -0.136. The Kier molecular flexibility index (Phi) is 31.2. The van der Waals surface area contributed by atoms with Gasteiger partial charge in [-0.1, -0.05) is 140 Å². The van der Waals surface area contributed by atoms with Gasteiger partial charge in [-0.25, -0.2) is 4.98 Å². The molecule has 6 heteroatoms. The summed E-state index contributed by atoms with van der Waals surface area (Å²) in [6.07, 6.45) is 51.3. The largest absolute Gasteiger partial charge is 0.348 e. The van der Waals surface area contributed by atoms with Crippen molar-refractivity contribution in [2.24, 2.45) is 0 Å². The van der Waals surface area contributed by atoms with Crippen molar-refractivity contribution >= 4 is 11.8 Å². The van der Waals surface area contributed by atoms with E-state index in [1.165, 1.54) is 122 Å². The maximum Gasteiger partial charge on any atom is 0.245 e. The van der Waals surface area contributed by atoms with Crippen molar-refractivity contribution in [3.8, 4) is 0 Å². The Labute approximate surface area is 308 Å². The van der Waals surface area contributed by atoms with E-state index in [0.29, 0.717) is 6.42 Å². The number of hydrogen-bond donors (Lipinski definition) is 2. The van der Waals surface area contributed by atoms with E-state index in [2.05, 4.69) is 77.7 Å². The molecular formula is C44H76N4O2. The number of nitrogens with zero attached hydrogens (tertiary/aromatic N) is 2. The first-order chi connectivity index (χ1) is 24.6. The first kappa shape index (κ1) is 45.1. The molecule has 0 aliphatic heterocycles. The first-order valence-corrected chi connectivity index (χ1v) is 20.7. The second kappa shape index (κ2) is 34.6. The van der Waals surface area contributed by atoms with Gasteiger partial charge >= 0.3 is 0 Å². The Morgan fingerprint density at radius 3 is 1.46 bits per heavy atom. The van der Waals surface area contributed by atoms with Crippen LogP contribution in [0.3, 0.4) is 0 Å². The number of imidazole rings is 1. The summed E-state index contributed by atoms with van der Waals surface area (Å²) in [5.74, 6) is -0.148. The molecule has 1 aromatic rings. The third-order valence-electron chi connectivity index (χ3n) is 9.22. The SMILES string of the molecule is CCCCC/C=C\C/C=C\CCCCCCCCN(CCCCCCCC/C=C\C/C=C\CCCCC)C(=O)C(Cc1cnc[nH]1)NC(C)=O. The number of unbranched alkanes of at least 4 members (excludes halogenated alkanes) is 18. The van der Waals surface area contributed by atoms with Crippen LogP contribution in [-0.2, 0) is 16.0 Å². The Bertz CT molecular complexity index is 979. The van der Waals surface area contributed by atoms with Gasteiger partial charge < -0.3 is 15.2 Å². The normalized spacial score (nSPS) is 12.6. The van der Waals surface area contributed by atoms with Gasteiger partial charge in [-0.3, -0.25) is 9.59 Å². The van der Waals surface area contributed by atoms with Gasteiger partial charge in [0.1, 0.15) is 6.04 Å². The van der Waals surface area contributed by atoms with E-state index in [1.807, 2.05) is 4.90 Å². The predicted octanol–water partition coefficient (Wildman–Crippen LogP) is 11.9. The monoisotopic (exact) mass is 693 g/mol. The maximum atomic E-state index is 13.7. The lowest BCUT2D eigenvalue weighted by Gasteiger charge is -2.28. The molecule has 0 bridgehead atoms. The summed E-state index contributed by atoms with van der Waals surface area (Å²) < 4.78 is 0. The number of nitrogens with one attached hydrogen (secondary N) is 2. The molecule has 0 spiro atoms. The van der Waals surface area contributed by atoms with Crippen LogP contribution in [0.25, 0.3) is 0 Å². The van der Waals surface area contributed by atoms with E-state index < -0.39 is 6.04 Å². The van der Waals surface area contributed by atoms with Gasteiger partial charge in [0.2, 0.25) is 11.8 Å². The molecule has 50 heavy (non-hydrogen) atoms. The molecule has 0 saturated carbocycles. The van der Waals surface area contributed by atoms with E-state index >= 15 is 0 Å². The minimum Gasteiger partial charge on any atom is -0.348 e. The van der Waals surface area contributed by atoms with E-state index in [0.717, 1.165) is 57.3 Å². The maximum absolute atomic E-state index is 13.7. The highest BCUT2D eigenvalue weighted by Crippen LogP contribution is 2.13. The molecular weight excluding hydrogens is 617 g/mol. The fraction of sp³-hybridized carbons (Fsp3) is 0.705. The molecule has 1 heterocycles. The van der Waals surface area contributed by atoms with Crippen molar-refractivity contribution in [2.75, 3.05) is 13.1 Å². The molecule has 284 valence electrons. The van der Waals surface area contributed by atoms with E-state index in [4.69, 9.17) is 0 Å². The number of amides is 2. The molecule has 0 fully saturated rings. The van der Waals surface area contributed by atoms with Gasteiger partial charge in [0.05, 0.1) is 6.33 Å². The van der Waals surface area contributed by atoms with Crippen molar-refractivity contribution in [1.29, 1.82) is 0 Å². The van der Waals surface area contributed by atoms with Gasteiger partial charge in [-0.05, 0) is 77.0 Å². The fourth-order valence-electron chi connectivity index (χ4n) is 6.20. The molecule has 0 aliphatic rings. The lowest BCUT2D eigenvalue weighted by Crippen LogP contribution is -2.49. The predicted molar refractivity (Wildman–Crippen MR) is 215 cm³/mol. The average Bonchev–Trinajstić information content (AvgIpc) is 3.62. The molecule has 1 unspecified atom stereocenters. The number of rotatable bonds is 34. The lowest BCUT2D eigenvalue weighted by atomic mass is 10.1. The summed E-state index contributed by atoms with van der Waals surface area (Å²) >= 11 is 0. The third kappa shape index (κ3) is 27.9. The smallest absolute Gasteiger partial charge is 0.245 e. The molecule has 1 rings (SSSR count). The molecule has 1 aromatic heterocycles. The number of aromatic amines is 1. The molecule has 1 atom stereocenters. The minimum atomic E-state index is -0.567. The Morgan fingerprint density at radius 1 is 0.640 bits per heavy atom. The molecule has 6 nitrogen and oxygen atoms in total. The second-order valence-electron chi connectivity index (χ2n) is 14.0. The van der Waals surface area contributed by atoms with Crippen LogP contribution >= 0.6 is 0 Å². The van der Waals surface area contributed by atoms with E-state index in [-0.39, 0.29) is 11.8 Å². The number of carbonyl (C=O) groups excluding carboxylic acids is 2. The van der Waals surface area contributed by atoms with Gasteiger partial charge in [0.25, 0.3) is 0 Å².